The first-order valence-electron chi connectivity index (χ1n) is 9.41. The predicted octanol–water partition coefficient (Wildman–Crippen LogP) is 2.03. The molecule has 3 aliphatic heterocycles. The fourth-order valence-electron chi connectivity index (χ4n) is 3.74. The van der Waals surface area contributed by atoms with E-state index in [9.17, 15) is 0 Å². The lowest BCUT2D eigenvalue weighted by atomic mass is 10.1. The smallest absolute Gasteiger partial charge is 0.231 e. The molecule has 2 atom stereocenters. The third-order valence-corrected chi connectivity index (χ3v) is 5.12. The van der Waals surface area contributed by atoms with Crippen LogP contribution >= 0.6 is 24.0 Å². The normalized spacial score (nSPS) is 24.6. The quantitative estimate of drug-likeness (QED) is 0.397. The summed E-state index contributed by atoms with van der Waals surface area (Å²) in [7, 11) is 1.83. The maximum Gasteiger partial charge on any atom is 0.231 e. The van der Waals surface area contributed by atoms with Gasteiger partial charge in [0.25, 0.3) is 0 Å². The van der Waals surface area contributed by atoms with Crippen molar-refractivity contribution in [3.63, 3.8) is 0 Å². The number of hydrogen-bond donors (Lipinski definition) is 1. The van der Waals surface area contributed by atoms with Crippen molar-refractivity contribution in [1.29, 1.82) is 0 Å². The summed E-state index contributed by atoms with van der Waals surface area (Å²) in [5.74, 6) is 2.59. The van der Waals surface area contributed by atoms with Gasteiger partial charge in [-0.2, -0.15) is 0 Å². The molecule has 150 valence electrons. The highest BCUT2D eigenvalue weighted by Gasteiger charge is 2.32. The highest BCUT2D eigenvalue weighted by Crippen LogP contribution is 2.32. The van der Waals surface area contributed by atoms with Gasteiger partial charge in [-0.15, -0.1) is 24.0 Å². The largest absolute Gasteiger partial charge is 0.454 e. The molecule has 2 saturated heterocycles. The Balaban J connectivity index is 0.00000210. The molecule has 0 spiro atoms. The van der Waals surface area contributed by atoms with Crippen LogP contribution in [0.25, 0.3) is 0 Å². The Morgan fingerprint density at radius 3 is 2.85 bits per heavy atom. The first-order chi connectivity index (χ1) is 12.8. The van der Waals surface area contributed by atoms with Crippen molar-refractivity contribution < 1.29 is 18.9 Å². The molecular weight excluding hydrogens is 461 g/mol. The lowest BCUT2D eigenvalue weighted by molar-refractivity contribution is -0.0816. The maximum atomic E-state index is 5.93. The van der Waals surface area contributed by atoms with E-state index >= 15 is 0 Å². The Morgan fingerprint density at radius 2 is 2.04 bits per heavy atom. The fraction of sp³-hybridized carbons (Fsp3) is 0.632. The number of ether oxygens (including phenoxy) is 4. The second kappa shape index (κ2) is 9.79. The molecule has 0 aliphatic carbocycles. The van der Waals surface area contributed by atoms with Crippen LogP contribution in [0.3, 0.4) is 0 Å². The minimum atomic E-state index is 0. The Kier molecular flexibility index (Phi) is 7.42. The molecule has 1 N–H and O–H groups in total. The average molecular weight is 489 g/mol. The number of aliphatic imine (C=N–C) groups is 1. The maximum absolute atomic E-state index is 5.93. The van der Waals surface area contributed by atoms with Gasteiger partial charge in [0, 0.05) is 33.3 Å². The number of morpholine rings is 1. The van der Waals surface area contributed by atoms with E-state index in [2.05, 4.69) is 27.3 Å². The van der Waals surface area contributed by atoms with E-state index in [4.69, 9.17) is 18.9 Å². The second-order valence-corrected chi connectivity index (χ2v) is 6.82. The fourth-order valence-corrected chi connectivity index (χ4v) is 3.74. The SMILES string of the molecule is CN=C(NCCc1ccc2c(c1)OCO2)N1CCOC(C2CCCO2)C1.I. The topological polar surface area (TPSA) is 64.6 Å². The van der Waals surface area contributed by atoms with Crippen molar-refractivity contribution in [2.75, 3.05) is 46.7 Å². The predicted molar refractivity (Wildman–Crippen MR) is 113 cm³/mol. The molecule has 27 heavy (non-hydrogen) atoms. The average Bonchev–Trinajstić information content (AvgIpc) is 3.36. The molecule has 4 rings (SSSR count). The van der Waals surface area contributed by atoms with E-state index < -0.39 is 0 Å². The molecular formula is C19H28IN3O4. The van der Waals surface area contributed by atoms with Gasteiger partial charge >= 0.3 is 0 Å². The van der Waals surface area contributed by atoms with Gasteiger partial charge in [-0.25, -0.2) is 0 Å². The summed E-state index contributed by atoms with van der Waals surface area (Å²) in [5, 5.41) is 3.47. The van der Waals surface area contributed by atoms with E-state index in [0.29, 0.717) is 13.4 Å². The summed E-state index contributed by atoms with van der Waals surface area (Å²) in [6, 6.07) is 6.11. The summed E-state index contributed by atoms with van der Waals surface area (Å²) >= 11 is 0. The van der Waals surface area contributed by atoms with Crippen molar-refractivity contribution in [3.05, 3.63) is 23.8 Å². The number of benzene rings is 1. The first kappa shape index (κ1) is 20.5. The molecule has 1 aromatic carbocycles. The van der Waals surface area contributed by atoms with Crippen LogP contribution in [-0.2, 0) is 15.9 Å². The Morgan fingerprint density at radius 1 is 1.19 bits per heavy atom. The summed E-state index contributed by atoms with van der Waals surface area (Å²) < 4.78 is 22.5. The number of nitrogens with zero attached hydrogens (tertiary/aromatic N) is 2. The summed E-state index contributed by atoms with van der Waals surface area (Å²) in [6.07, 6.45) is 3.49. The minimum absolute atomic E-state index is 0. The van der Waals surface area contributed by atoms with Crippen LogP contribution < -0.4 is 14.8 Å². The number of nitrogens with one attached hydrogen (secondary N) is 1. The number of guanidine groups is 1. The zero-order chi connectivity index (χ0) is 17.8. The van der Waals surface area contributed by atoms with Crippen molar-refractivity contribution in [2.24, 2.45) is 4.99 Å². The van der Waals surface area contributed by atoms with Gasteiger partial charge in [0.05, 0.1) is 12.7 Å². The number of halogens is 1. The Hall–Kier alpha value is -1.26. The van der Waals surface area contributed by atoms with Crippen LogP contribution in [0, 0.1) is 0 Å². The summed E-state index contributed by atoms with van der Waals surface area (Å²) in [5.41, 5.74) is 1.22. The van der Waals surface area contributed by atoms with Crippen LogP contribution in [0.4, 0.5) is 0 Å². The van der Waals surface area contributed by atoms with Gasteiger partial charge in [0.2, 0.25) is 6.79 Å². The minimum Gasteiger partial charge on any atom is -0.454 e. The van der Waals surface area contributed by atoms with Gasteiger partial charge in [-0.1, -0.05) is 6.07 Å². The molecule has 2 fully saturated rings. The number of fused-ring (bicyclic) bond motifs is 1. The molecule has 0 amide bonds. The molecule has 8 heteroatoms. The van der Waals surface area contributed by atoms with Crippen molar-refractivity contribution in [2.45, 2.75) is 31.5 Å². The van der Waals surface area contributed by atoms with E-state index in [1.54, 1.807) is 0 Å². The van der Waals surface area contributed by atoms with E-state index in [1.165, 1.54) is 5.56 Å². The number of hydrogen-bond acceptors (Lipinski definition) is 5. The third-order valence-electron chi connectivity index (χ3n) is 5.12. The first-order valence-corrected chi connectivity index (χ1v) is 9.41. The van der Waals surface area contributed by atoms with Crippen molar-refractivity contribution in [3.8, 4) is 11.5 Å². The standard InChI is InChI=1S/C19H27N3O4.HI/c1-20-19(22-8-10-24-18(12-22)15-3-2-9-23-15)21-7-6-14-4-5-16-17(11-14)26-13-25-16;/h4-5,11,15,18H,2-3,6-10,12-13H2,1H3,(H,20,21);1H. The van der Waals surface area contributed by atoms with Crippen LogP contribution in [-0.4, -0.2) is 69.8 Å². The van der Waals surface area contributed by atoms with E-state index in [1.807, 2.05) is 13.1 Å². The molecule has 3 aliphatic rings. The van der Waals surface area contributed by atoms with Gasteiger partial charge in [-0.3, -0.25) is 4.99 Å². The Bertz CT molecular complexity index is 652. The van der Waals surface area contributed by atoms with Crippen LogP contribution in [0.5, 0.6) is 11.5 Å². The molecule has 0 saturated carbocycles. The molecule has 3 heterocycles. The zero-order valence-corrected chi connectivity index (χ0v) is 18.0. The summed E-state index contributed by atoms with van der Waals surface area (Å²) in [4.78, 5) is 6.73. The summed E-state index contributed by atoms with van der Waals surface area (Å²) in [6.45, 7) is 4.38. The van der Waals surface area contributed by atoms with Crippen LogP contribution in [0.1, 0.15) is 18.4 Å². The Labute approximate surface area is 177 Å². The molecule has 0 radical (unpaired) electrons. The molecule has 7 nitrogen and oxygen atoms in total. The highest BCUT2D eigenvalue weighted by molar-refractivity contribution is 14.0. The van der Waals surface area contributed by atoms with Gasteiger partial charge in [0.1, 0.15) is 6.10 Å². The van der Waals surface area contributed by atoms with Gasteiger partial charge < -0.3 is 29.2 Å². The molecule has 0 bridgehead atoms. The van der Waals surface area contributed by atoms with E-state index in [0.717, 1.165) is 63.0 Å². The van der Waals surface area contributed by atoms with Gasteiger partial charge in [-0.05, 0) is 37.0 Å². The van der Waals surface area contributed by atoms with Crippen LogP contribution in [0.2, 0.25) is 0 Å². The van der Waals surface area contributed by atoms with Crippen LogP contribution in [0.15, 0.2) is 23.2 Å². The molecule has 2 unspecified atom stereocenters. The molecule has 0 aromatic heterocycles. The number of rotatable bonds is 4. The second-order valence-electron chi connectivity index (χ2n) is 6.82. The van der Waals surface area contributed by atoms with Crippen molar-refractivity contribution in [1.82, 2.24) is 10.2 Å². The monoisotopic (exact) mass is 489 g/mol. The molecule has 1 aromatic rings. The highest BCUT2D eigenvalue weighted by atomic mass is 127. The lowest BCUT2D eigenvalue weighted by Gasteiger charge is -2.37. The zero-order valence-electron chi connectivity index (χ0n) is 15.7. The van der Waals surface area contributed by atoms with Crippen molar-refractivity contribution >= 4 is 29.9 Å². The lowest BCUT2D eigenvalue weighted by Crippen LogP contribution is -2.53. The third kappa shape index (κ3) is 4.97. The van der Waals surface area contributed by atoms with E-state index in [-0.39, 0.29) is 36.2 Å². The van der Waals surface area contributed by atoms with Gasteiger partial charge in [0.15, 0.2) is 17.5 Å².